The Morgan fingerprint density at radius 2 is 1.67 bits per heavy atom. The van der Waals surface area contributed by atoms with E-state index in [4.69, 9.17) is 9.26 Å². The number of hydrogen-bond acceptors (Lipinski definition) is 5. The van der Waals surface area contributed by atoms with Gasteiger partial charge in [-0.25, -0.2) is 4.79 Å². The Morgan fingerprint density at radius 3 is 2.40 bits per heavy atom. The van der Waals surface area contributed by atoms with E-state index in [1.54, 1.807) is 30.3 Å². The maximum atomic E-state index is 12.5. The van der Waals surface area contributed by atoms with Crippen molar-refractivity contribution in [2.45, 2.75) is 19.8 Å². The average Bonchev–Trinajstić information content (AvgIpc) is 3.22. The first-order valence-electron chi connectivity index (χ1n) is 9.90. The molecule has 0 amide bonds. The monoisotopic (exact) mass is 399 g/mol. The number of aryl methyl sites for hydroxylation is 1. The van der Waals surface area contributed by atoms with Crippen LogP contribution in [0.25, 0.3) is 22.2 Å². The van der Waals surface area contributed by atoms with Crippen molar-refractivity contribution in [2.24, 2.45) is 0 Å². The predicted octanol–water partition coefficient (Wildman–Crippen LogP) is 5.49. The highest BCUT2D eigenvalue weighted by atomic mass is 16.5. The van der Waals surface area contributed by atoms with Crippen LogP contribution in [-0.2, 0) is 11.2 Å². The minimum Gasteiger partial charge on any atom is -0.454 e. The maximum absolute atomic E-state index is 12.5. The van der Waals surface area contributed by atoms with Crippen LogP contribution in [0.4, 0.5) is 0 Å². The Bertz CT molecular complexity index is 1180. The van der Waals surface area contributed by atoms with Crippen molar-refractivity contribution >= 4 is 22.7 Å². The third-order valence-corrected chi connectivity index (χ3v) is 4.90. The van der Waals surface area contributed by atoms with E-state index in [0.717, 1.165) is 18.4 Å². The molecule has 0 unspecified atom stereocenters. The summed E-state index contributed by atoms with van der Waals surface area (Å²) in [7, 11) is 0. The van der Waals surface area contributed by atoms with Crippen LogP contribution in [0.1, 0.15) is 39.6 Å². The van der Waals surface area contributed by atoms with Gasteiger partial charge in [-0.15, -0.1) is 0 Å². The molecule has 4 rings (SSSR count). The van der Waals surface area contributed by atoms with Gasteiger partial charge in [0.15, 0.2) is 18.2 Å². The molecule has 0 saturated carbocycles. The lowest BCUT2D eigenvalue weighted by Gasteiger charge is -2.06. The fraction of sp³-hybridized carbons (Fsp3) is 0.160. The molecule has 3 aromatic carbocycles. The lowest BCUT2D eigenvalue weighted by atomic mass is 10.1. The number of nitrogens with zero attached hydrogens (tertiary/aromatic N) is 1. The van der Waals surface area contributed by atoms with E-state index in [9.17, 15) is 9.59 Å². The van der Waals surface area contributed by atoms with E-state index < -0.39 is 5.97 Å². The number of benzene rings is 3. The predicted molar refractivity (Wildman–Crippen MR) is 114 cm³/mol. The van der Waals surface area contributed by atoms with Crippen molar-refractivity contribution < 1.29 is 18.8 Å². The number of carbonyl (C=O) groups is 2. The third-order valence-electron chi connectivity index (χ3n) is 4.90. The summed E-state index contributed by atoms with van der Waals surface area (Å²) < 4.78 is 10.7. The second kappa shape index (κ2) is 8.74. The van der Waals surface area contributed by atoms with E-state index in [0.29, 0.717) is 27.8 Å². The van der Waals surface area contributed by atoms with Gasteiger partial charge in [-0.05, 0) is 30.2 Å². The standard InChI is InChI=1S/C25H21NO4/c1-2-6-17-9-11-18(12-10-17)23(27)16-29-25(28)20-13-14-22-21(15-20)24(30-26-22)19-7-4-3-5-8-19/h3-5,7-15H,2,6,16H2,1H3. The second-order valence-corrected chi connectivity index (χ2v) is 7.06. The fourth-order valence-corrected chi connectivity index (χ4v) is 3.31. The Labute approximate surface area is 174 Å². The first kappa shape index (κ1) is 19.6. The van der Waals surface area contributed by atoms with E-state index in [1.165, 1.54) is 5.56 Å². The molecular weight excluding hydrogens is 378 g/mol. The summed E-state index contributed by atoms with van der Waals surface area (Å²) in [5, 5.41) is 4.76. The van der Waals surface area contributed by atoms with Crippen molar-refractivity contribution in [1.29, 1.82) is 0 Å². The summed E-state index contributed by atoms with van der Waals surface area (Å²) in [5.41, 5.74) is 3.57. The van der Waals surface area contributed by atoms with Crippen LogP contribution in [0.3, 0.4) is 0 Å². The van der Waals surface area contributed by atoms with Crippen LogP contribution in [-0.4, -0.2) is 23.5 Å². The summed E-state index contributed by atoms with van der Waals surface area (Å²) in [6, 6.07) is 22.0. The number of esters is 1. The molecule has 5 heteroatoms. The quantitative estimate of drug-likeness (QED) is 0.304. The first-order chi connectivity index (χ1) is 14.7. The van der Waals surface area contributed by atoms with E-state index in [-0.39, 0.29) is 12.4 Å². The molecule has 30 heavy (non-hydrogen) atoms. The van der Waals surface area contributed by atoms with Crippen molar-refractivity contribution in [3.63, 3.8) is 0 Å². The maximum Gasteiger partial charge on any atom is 0.338 e. The molecule has 0 saturated heterocycles. The lowest BCUT2D eigenvalue weighted by Crippen LogP contribution is -2.14. The molecular formula is C25H21NO4. The number of ketones is 1. The minimum atomic E-state index is -0.562. The lowest BCUT2D eigenvalue weighted by molar-refractivity contribution is 0.0475. The van der Waals surface area contributed by atoms with E-state index in [1.807, 2.05) is 42.5 Å². The smallest absolute Gasteiger partial charge is 0.338 e. The number of rotatable bonds is 7. The highest BCUT2D eigenvalue weighted by molar-refractivity contribution is 6.01. The van der Waals surface area contributed by atoms with Gasteiger partial charge >= 0.3 is 5.97 Å². The molecule has 0 radical (unpaired) electrons. The van der Waals surface area contributed by atoms with Gasteiger partial charge in [0.05, 0.1) is 10.9 Å². The molecule has 0 bridgehead atoms. The van der Waals surface area contributed by atoms with Gasteiger partial charge in [0.25, 0.3) is 0 Å². The van der Waals surface area contributed by atoms with Crippen molar-refractivity contribution in [1.82, 2.24) is 5.16 Å². The van der Waals surface area contributed by atoms with Gasteiger partial charge in [0.1, 0.15) is 5.52 Å². The van der Waals surface area contributed by atoms with Crippen LogP contribution in [0, 0.1) is 0 Å². The zero-order valence-electron chi connectivity index (χ0n) is 16.6. The zero-order valence-corrected chi connectivity index (χ0v) is 16.6. The number of hydrogen-bond donors (Lipinski definition) is 0. The molecule has 0 aliphatic carbocycles. The number of Topliss-reactive ketones (excluding diaryl/α,β-unsaturated/α-hetero) is 1. The molecule has 0 aliphatic heterocycles. The summed E-state index contributed by atoms with van der Waals surface area (Å²) in [6.07, 6.45) is 2.02. The molecule has 0 fully saturated rings. The van der Waals surface area contributed by atoms with Crippen LogP contribution in [0.5, 0.6) is 0 Å². The van der Waals surface area contributed by atoms with Gasteiger partial charge < -0.3 is 9.26 Å². The Kier molecular flexibility index (Phi) is 5.70. The van der Waals surface area contributed by atoms with Crippen molar-refractivity contribution in [3.05, 3.63) is 89.5 Å². The molecule has 150 valence electrons. The molecule has 0 N–H and O–H groups in total. The minimum absolute atomic E-state index is 0.234. The average molecular weight is 399 g/mol. The number of ether oxygens (including phenoxy) is 1. The fourth-order valence-electron chi connectivity index (χ4n) is 3.31. The van der Waals surface area contributed by atoms with Crippen LogP contribution < -0.4 is 0 Å². The molecule has 0 atom stereocenters. The van der Waals surface area contributed by atoms with E-state index >= 15 is 0 Å². The normalized spacial score (nSPS) is 10.8. The van der Waals surface area contributed by atoms with E-state index in [2.05, 4.69) is 12.1 Å². The summed E-state index contributed by atoms with van der Waals surface area (Å²) in [5.74, 6) is -0.209. The highest BCUT2D eigenvalue weighted by Crippen LogP contribution is 2.29. The van der Waals surface area contributed by atoms with Gasteiger partial charge in [-0.2, -0.15) is 0 Å². The molecule has 0 aliphatic rings. The van der Waals surface area contributed by atoms with Gasteiger partial charge in [-0.3, -0.25) is 4.79 Å². The van der Waals surface area contributed by atoms with Crippen LogP contribution in [0.2, 0.25) is 0 Å². The molecule has 4 aromatic rings. The molecule has 1 aromatic heterocycles. The van der Waals surface area contributed by atoms with Crippen LogP contribution >= 0.6 is 0 Å². The molecule has 0 spiro atoms. The van der Waals surface area contributed by atoms with Gasteiger partial charge in [0.2, 0.25) is 0 Å². The number of carbonyl (C=O) groups excluding carboxylic acids is 2. The Hall–Kier alpha value is -3.73. The SMILES string of the molecule is CCCc1ccc(C(=O)COC(=O)c2ccc3noc(-c4ccccc4)c3c2)cc1. The summed E-state index contributed by atoms with van der Waals surface area (Å²) in [6.45, 7) is 1.80. The van der Waals surface area contributed by atoms with Gasteiger partial charge in [0, 0.05) is 11.1 Å². The Morgan fingerprint density at radius 1 is 0.933 bits per heavy atom. The number of fused-ring (bicyclic) bond motifs is 1. The molecule has 1 heterocycles. The largest absolute Gasteiger partial charge is 0.454 e. The Balaban J connectivity index is 1.47. The van der Waals surface area contributed by atoms with Gasteiger partial charge in [-0.1, -0.05) is 73.1 Å². The topological polar surface area (TPSA) is 69.4 Å². The third kappa shape index (κ3) is 4.15. The summed E-state index contributed by atoms with van der Waals surface area (Å²) >= 11 is 0. The first-order valence-corrected chi connectivity index (χ1v) is 9.90. The molecule has 5 nitrogen and oxygen atoms in total. The highest BCUT2D eigenvalue weighted by Gasteiger charge is 2.16. The summed E-state index contributed by atoms with van der Waals surface area (Å²) in [4.78, 5) is 24.9. The zero-order chi connectivity index (χ0) is 20.9. The van der Waals surface area contributed by atoms with Crippen LogP contribution in [0.15, 0.2) is 77.3 Å². The van der Waals surface area contributed by atoms with Crippen molar-refractivity contribution in [3.8, 4) is 11.3 Å². The number of aromatic nitrogens is 1. The van der Waals surface area contributed by atoms with Crippen molar-refractivity contribution in [2.75, 3.05) is 6.61 Å². The second-order valence-electron chi connectivity index (χ2n) is 7.06.